The summed E-state index contributed by atoms with van der Waals surface area (Å²) in [6.07, 6.45) is 1.87. The molecule has 0 bridgehead atoms. The molecule has 1 aliphatic heterocycles. The van der Waals surface area contributed by atoms with Crippen molar-refractivity contribution >= 4 is 17.4 Å². The summed E-state index contributed by atoms with van der Waals surface area (Å²) >= 11 is 5.80. The third kappa shape index (κ3) is 4.58. The van der Waals surface area contributed by atoms with Gasteiger partial charge in [0.25, 0.3) is 0 Å². The van der Waals surface area contributed by atoms with Crippen molar-refractivity contribution in [2.45, 2.75) is 39.4 Å². The summed E-state index contributed by atoms with van der Waals surface area (Å²) in [6, 6.07) is 7.01. The summed E-state index contributed by atoms with van der Waals surface area (Å²) in [5.41, 5.74) is 0.802. The van der Waals surface area contributed by atoms with E-state index in [9.17, 15) is 4.79 Å². The second kappa shape index (κ2) is 6.70. The highest BCUT2D eigenvalue weighted by molar-refractivity contribution is 6.30. The molecule has 1 aromatic carbocycles. The number of halogens is 1. The topological polar surface area (TPSA) is 35.5 Å². The van der Waals surface area contributed by atoms with Crippen LogP contribution in [0.3, 0.4) is 0 Å². The number of ketones is 1. The lowest BCUT2D eigenvalue weighted by atomic mass is 9.95. The molecular formula is C16H21ClO3. The minimum atomic E-state index is -0.166. The number of rotatable bonds is 5. The van der Waals surface area contributed by atoms with Crippen molar-refractivity contribution in [3.8, 4) is 0 Å². The van der Waals surface area contributed by atoms with Gasteiger partial charge in [0, 0.05) is 22.4 Å². The number of hydrogen-bond acceptors (Lipinski definition) is 3. The van der Waals surface area contributed by atoms with Gasteiger partial charge in [-0.1, -0.05) is 25.4 Å². The van der Waals surface area contributed by atoms with Gasteiger partial charge in [-0.05, 0) is 37.1 Å². The normalized spacial score (nSPS) is 18.9. The fourth-order valence-corrected chi connectivity index (χ4v) is 2.23. The van der Waals surface area contributed by atoms with E-state index < -0.39 is 0 Å². The SMILES string of the molecule is CC1(C)COC(CCCC(=O)c2ccc(Cl)cc2)OC1. The van der Waals surface area contributed by atoms with Gasteiger partial charge >= 0.3 is 0 Å². The molecule has 0 N–H and O–H groups in total. The van der Waals surface area contributed by atoms with Crippen LogP contribution in [0.25, 0.3) is 0 Å². The third-order valence-corrected chi connectivity index (χ3v) is 3.58. The molecule has 0 atom stereocenters. The number of benzene rings is 1. The van der Waals surface area contributed by atoms with Crippen molar-refractivity contribution in [1.82, 2.24) is 0 Å². The average molecular weight is 297 g/mol. The largest absolute Gasteiger partial charge is 0.352 e. The molecule has 3 nitrogen and oxygen atoms in total. The maximum absolute atomic E-state index is 12.0. The maximum Gasteiger partial charge on any atom is 0.162 e. The summed E-state index contributed by atoms with van der Waals surface area (Å²) in [5.74, 6) is 0.137. The van der Waals surface area contributed by atoms with E-state index in [2.05, 4.69) is 13.8 Å². The molecule has 0 spiro atoms. The highest BCUT2D eigenvalue weighted by Crippen LogP contribution is 2.25. The predicted molar refractivity (Wildman–Crippen MR) is 79.1 cm³/mol. The molecule has 1 aromatic rings. The third-order valence-electron chi connectivity index (χ3n) is 3.33. The molecule has 0 aromatic heterocycles. The Morgan fingerprint density at radius 2 is 1.85 bits per heavy atom. The standard InChI is InChI=1S/C16H21ClO3/c1-16(2)10-19-15(20-11-16)5-3-4-14(18)12-6-8-13(17)9-7-12/h6-9,15H,3-5,10-11H2,1-2H3. The molecule has 110 valence electrons. The Hall–Kier alpha value is -0.900. The number of hydrogen-bond donors (Lipinski definition) is 0. The Labute approximate surface area is 125 Å². The summed E-state index contributed by atoms with van der Waals surface area (Å²) in [7, 11) is 0. The fraction of sp³-hybridized carbons (Fsp3) is 0.562. The number of Topliss-reactive ketones (excluding diaryl/α,β-unsaturated/α-hetero) is 1. The van der Waals surface area contributed by atoms with Crippen LogP contribution in [-0.4, -0.2) is 25.3 Å². The van der Waals surface area contributed by atoms with E-state index >= 15 is 0 Å². The first-order chi connectivity index (χ1) is 9.46. The van der Waals surface area contributed by atoms with Crippen LogP contribution in [0.5, 0.6) is 0 Å². The van der Waals surface area contributed by atoms with Crippen molar-refractivity contribution in [1.29, 1.82) is 0 Å². The molecule has 20 heavy (non-hydrogen) atoms. The van der Waals surface area contributed by atoms with Gasteiger partial charge in [0.05, 0.1) is 13.2 Å². The van der Waals surface area contributed by atoms with E-state index in [1.807, 2.05) is 0 Å². The molecular weight excluding hydrogens is 276 g/mol. The van der Waals surface area contributed by atoms with Gasteiger partial charge < -0.3 is 9.47 Å². The highest BCUT2D eigenvalue weighted by Gasteiger charge is 2.27. The lowest BCUT2D eigenvalue weighted by Gasteiger charge is -2.34. The summed E-state index contributed by atoms with van der Waals surface area (Å²) in [5, 5.41) is 0.646. The zero-order valence-electron chi connectivity index (χ0n) is 12.0. The molecule has 1 aliphatic rings. The fourth-order valence-electron chi connectivity index (χ4n) is 2.10. The van der Waals surface area contributed by atoms with Gasteiger partial charge in [0.2, 0.25) is 0 Å². The smallest absolute Gasteiger partial charge is 0.162 e. The second-order valence-electron chi connectivity index (χ2n) is 6.04. The van der Waals surface area contributed by atoms with Crippen LogP contribution in [0, 0.1) is 5.41 Å². The number of carbonyl (C=O) groups is 1. The summed E-state index contributed by atoms with van der Waals surface area (Å²) in [6.45, 7) is 5.66. The van der Waals surface area contributed by atoms with Crippen LogP contribution in [0.4, 0.5) is 0 Å². The first-order valence-electron chi connectivity index (χ1n) is 6.98. The van der Waals surface area contributed by atoms with Crippen molar-refractivity contribution in [3.05, 3.63) is 34.9 Å². The molecule has 1 heterocycles. The van der Waals surface area contributed by atoms with E-state index in [1.54, 1.807) is 24.3 Å². The minimum absolute atomic E-state index is 0.0929. The highest BCUT2D eigenvalue weighted by atomic mass is 35.5. The molecule has 0 saturated carbocycles. The van der Waals surface area contributed by atoms with Crippen molar-refractivity contribution < 1.29 is 14.3 Å². The monoisotopic (exact) mass is 296 g/mol. The Bertz CT molecular complexity index is 443. The van der Waals surface area contributed by atoms with E-state index in [0.29, 0.717) is 30.2 Å². The van der Waals surface area contributed by atoms with E-state index in [-0.39, 0.29) is 17.5 Å². The quantitative estimate of drug-likeness (QED) is 0.768. The molecule has 1 saturated heterocycles. The van der Waals surface area contributed by atoms with E-state index in [0.717, 1.165) is 12.8 Å². The average Bonchev–Trinajstić information content (AvgIpc) is 2.41. The van der Waals surface area contributed by atoms with Gasteiger partial charge in [0.15, 0.2) is 12.1 Å². The predicted octanol–water partition coefficient (Wildman–Crippen LogP) is 4.09. The Morgan fingerprint density at radius 3 is 2.45 bits per heavy atom. The molecule has 4 heteroatoms. The van der Waals surface area contributed by atoms with Gasteiger partial charge in [-0.3, -0.25) is 4.79 Å². The minimum Gasteiger partial charge on any atom is -0.352 e. The first-order valence-corrected chi connectivity index (χ1v) is 7.36. The Balaban J connectivity index is 1.71. The van der Waals surface area contributed by atoms with Gasteiger partial charge in [-0.25, -0.2) is 0 Å². The zero-order valence-corrected chi connectivity index (χ0v) is 12.8. The van der Waals surface area contributed by atoms with E-state index in [1.165, 1.54) is 0 Å². The van der Waals surface area contributed by atoms with Gasteiger partial charge in [-0.15, -0.1) is 0 Å². The lowest BCUT2D eigenvalue weighted by molar-refractivity contribution is -0.223. The van der Waals surface area contributed by atoms with Gasteiger partial charge in [-0.2, -0.15) is 0 Å². The zero-order chi connectivity index (χ0) is 14.6. The number of carbonyl (C=O) groups excluding carboxylic acids is 1. The second-order valence-corrected chi connectivity index (χ2v) is 6.47. The molecule has 0 radical (unpaired) electrons. The van der Waals surface area contributed by atoms with E-state index in [4.69, 9.17) is 21.1 Å². The molecule has 0 unspecified atom stereocenters. The maximum atomic E-state index is 12.0. The van der Waals surface area contributed by atoms with Crippen LogP contribution in [0.2, 0.25) is 5.02 Å². The Kier molecular flexibility index (Phi) is 5.19. The van der Waals surface area contributed by atoms with Crippen LogP contribution in [0.1, 0.15) is 43.5 Å². The summed E-state index contributed by atoms with van der Waals surface area (Å²) < 4.78 is 11.3. The Morgan fingerprint density at radius 1 is 1.25 bits per heavy atom. The van der Waals surface area contributed by atoms with Crippen molar-refractivity contribution in [2.24, 2.45) is 5.41 Å². The molecule has 1 fully saturated rings. The van der Waals surface area contributed by atoms with Crippen molar-refractivity contribution in [2.75, 3.05) is 13.2 Å². The molecule has 2 rings (SSSR count). The molecule has 0 aliphatic carbocycles. The van der Waals surface area contributed by atoms with Crippen LogP contribution >= 0.6 is 11.6 Å². The molecule has 0 amide bonds. The summed E-state index contributed by atoms with van der Waals surface area (Å²) in [4.78, 5) is 12.0. The first kappa shape index (κ1) is 15.5. The lowest BCUT2D eigenvalue weighted by Crippen LogP contribution is -2.37. The van der Waals surface area contributed by atoms with Crippen molar-refractivity contribution in [3.63, 3.8) is 0 Å². The van der Waals surface area contributed by atoms with Gasteiger partial charge in [0.1, 0.15) is 0 Å². The van der Waals surface area contributed by atoms with Crippen LogP contribution in [0.15, 0.2) is 24.3 Å². The van der Waals surface area contributed by atoms with Crippen LogP contribution in [-0.2, 0) is 9.47 Å². The van der Waals surface area contributed by atoms with Crippen LogP contribution < -0.4 is 0 Å². The number of ether oxygens (including phenoxy) is 2.